The standard InChI is InChI=1S/C18H29N3O2/c1-5-18(6-2)15(12-16(18)23-7-3)21-17(19)20-13-10-8-9-11-14(13)22-4/h8-11,15-16H,5-7,12H2,1-4H3,(H3,19,20,21). The molecule has 128 valence electrons. The Morgan fingerprint density at radius 2 is 2.00 bits per heavy atom. The minimum atomic E-state index is 0.100. The third-order valence-electron chi connectivity index (χ3n) is 5.09. The van der Waals surface area contributed by atoms with Gasteiger partial charge in [0.25, 0.3) is 0 Å². The predicted molar refractivity (Wildman–Crippen MR) is 95.1 cm³/mol. The van der Waals surface area contributed by atoms with Crippen LogP contribution in [-0.4, -0.2) is 31.8 Å². The second-order valence-electron chi connectivity index (χ2n) is 5.98. The number of para-hydroxylation sites is 2. The zero-order valence-corrected chi connectivity index (χ0v) is 14.6. The summed E-state index contributed by atoms with van der Waals surface area (Å²) in [6, 6.07) is 7.89. The molecule has 0 aromatic heterocycles. The monoisotopic (exact) mass is 319 g/mol. The van der Waals surface area contributed by atoms with Gasteiger partial charge in [0.2, 0.25) is 0 Å². The third-order valence-corrected chi connectivity index (χ3v) is 5.09. The number of methoxy groups -OCH3 is 1. The molecule has 1 aliphatic rings. The zero-order chi connectivity index (χ0) is 16.9. The van der Waals surface area contributed by atoms with Crippen molar-refractivity contribution < 1.29 is 9.47 Å². The average Bonchev–Trinajstić information content (AvgIpc) is 2.55. The van der Waals surface area contributed by atoms with Gasteiger partial charge < -0.3 is 20.5 Å². The molecule has 3 N–H and O–H groups in total. The summed E-state index contributed by atoms with van der Waals surface area (Å²) in [5, 5.41) is 3.16. The number of guanidine groups is 1. The fraction of sp³-hybridized carbons (Fsp3) is 0.611. The van der Waals surface area contributed by atoms with Gasteiger partial charge in [0.1, 0.15) is 5.75 Å². The molecule has 5 heteroatoms. The quantitative estimate of drug-likeness (QED) is 0.597. The molecule has 1 aliphatic carbocycles. The van der Waals surface area contributed by atoms with Crippen LogP contribution >= 0.6 is 0 Å². The minimum Gasteiger partial charge on any atom is -0.495 e. The van der Waals surface area contributed by atoms with Crippen molar-refractivity contribution in [1.82, 2.24) is 0 Å². The van der Waals surface area contributed by atoms with Gasteiger partial charge in [-0.15, -0.1) is 0 Å². The van der Waals surface area contributed by atoms with Gasteiger partial charge >= 0.3 is 0 Å². The van der Waals surface area contributed by atoms with Gasteiger partial charge in [-0.2, -0.15) is 0 Å². The second kappa shape index (κ2) is 7.68. The third kappa shape index (κ3) is 3.44. The number of nitrogens with two attached hydrogens (primary N) is 1. The Morgan fingerprint density at radius 3 is 2.61 bits per heavy atom. The Kier molecular flexibility index (Phi) is 5.88. The molecule has 0 spiro atoms. The summed E-state index contributed by atoms with van der Waals surface area (Å²) < 4.78 is 11.2. The lowest BCUT2D eigenvalue weighted by Crippen LogP contribution is -2.57. The van der Waals surface area contributed by atoms with Crippen LogP contribution in [0.4, 0.5) is 5.69 Å². The Morgan fingerprint density at radius 1 is 1.30 bits per heavy atom. The van der Waals surface area contributed by atoms with Gasteiger partial charge in [-0.25, -0.2) is 4.99 Å². The highest BCUT2D eigenvalue weighted by atomic mass is 16.5. The summed E-state index contributed by atoms with van der Waals surface area (Å²) in [5.41, 5.74) is 7.06. The number of aliphatic imine (C=N–C) groups is 1. The number of rotatable bonds is 7. The lowest BCUT2D eigenvalue weighted by molar-refractivity contribution is -0.126. The Labute approximate surface area is 139 Å². The van der Waals surface area contributed by atoms with E-state index in [0.717, 1.165) is 37.3 Å². The largest absolute Gasteiger partial charge is 0.495 e. The summed E-state index contributed by atoms with van der Waals surface area (Å²) in [6.07, 6.45) is 3.31. The first-order valence-electron chi connectivity index (χ1n) is 8.46. The number of anilines is 1. The maximum Gasteiger partial charge on any atom is 0.193 e. The summed E-state index contributed by atoms with van der Waals surface area (Å²) in [6.45, 7) is 7.21. The molecule has 23 heavy (non-hydrogen) atoms. The van der Waals surface area contributed by atoms with Crippen LogP contribution in [0.3, 0.4) is 0 Å². The lowest BCUT2D eigenvalue weighted by atomic mass is 9.59. The summed E-state index contributed by atoms with van der Waals surface area (Å²) in [5.74, 6) is 1.18. The van der Waals surface area contributed by atoms with Gasteiger partial charge in [-0.3, -0.25) is 0 Å². The SMILES string of the molecule is CCOC1CC(N=C(N)Nc2ccccc2OC)C1(CC)CC. The van der Waals surface area contributed by atoms with Crippen LogP contribution in [0.1, 0.15) is 40.0 Å². The van der Waals surface area contributed by atoms with E-state index in [4.69, 9.17) is 20.2 Å². The van der Waals surface area contributed by atoms with E-state index in [-0.39, 0.29) is 17.6 Å². The molecule has 1 aromatic rings. The van der Waals surface area contributed by atoms with Crippen LogP contribution in [0.25, 0.3) is 0 Å². The van der Waals surface area contributed by atoms with Crippen molar-refractivity contribution >= 4 is 11.6 Å². The van der Waals surface area contributed by atoms with E-state index >= 15 is 0 Å². The minimum absolute atomic E-state index is 0.100. The molecule has 5 nitrogen and oxygen atoms in total. The smallest absolute Gasteiger partial charge is 0.193 e. The fourth-order valence-electron chi connectivity index (χ4n) is 3.61. The summed E-state index contributed by atoms with van der Waals surface area (Å²) in [7, 11) is 1.64. The van der Waals surface area contributed by atoms with Crippen LogP contribution in [-0.2, 0) is 4.74 Å². The molecule has 0 bridgehead atoms. The van der Waals surface area contributed by atoms with Crippen LogP contribution in [0, 0.1) is 5.41 Å². The van der Waals surface area contributed by atoms with E-state index in [0.29, 0.717) is 5.96 Å². The highest BCUT2D eigenvalue weighted by molar-refractivity contribution is 5.93. The van der Waals surface area contributed by atoms with Crippen molar-refractivity contribution in [3.8, 4) is 5.75 Å². The molecule has 0 amide bonds. The Bertz CT molecular complexity index is 541. The predicted octanol–water partition coefficient (Wildman–Crippen LogP) is 3.41. The topological polar surface area (TPSA) is 68.9 Å². The van der Waals surface area contributed by atoms with Gasteiger partial charge in [-0.1, -0.05) is 26.0 Å². The van der Waals surface area contributed by atoms with E-state index < -0.39 is 0 Å². The van der Waals surface area contributed by atoms with Crippen LogP contribution in [0.5, 0.6) is 5.75 Å². The Hall–Kier alpha value is -1.75. The molecular weight excluding hydrogens is 290 g/mol. The van der Waals surface area contributed by atoms with Crippen LogP contribution in [0.2, 0.25) is 0 Å². The molecule has 0 saturated heterocycles. The van der Waals surface area contributed by atoms with E-state index in [9.17, 15) is 0 Å². The van der Waals surface area contributed by atoms with E-state index in [2.05, 4.69) is 19.2 Å². The van der Waals surface area contributed by atoms with E-state index in [1.807, 2.05) is 31.2 Å². The number of nitrogens with one attached hydrogen (secondary N) is 1. The molecule has 2 unspecified atom stereocenters. The molecule has 2 rings (SSSR count). The summed E-state index contributed by atoms with van der Waals surface area (Å²) in [4.78, 5) is 4.73. The number of benzene rings is 1. The zero-order valence-electron chi connectivity index (χ0n) is 14.6. The maximum atomic E-state index is 6.13. The van der Waals surface area contributed by atoms with Gasteiger partial charge in [0, 0.05) is 12.0 Å². The van der Waals surface area contributed by atoms with Crippen molar-refractivity contribution in [2.45, 2.75) is 52.2 Å². The van der Waals surface area contributed by atoms with Gasteiger partial charge in [0.05, 0.1) is 24.9 Å². The van der Waals surface area contributed by atoms with Crippen LogP contribution < -0.4 is 15.8 Å². The van der Waals surface area contributed by atoms with Crippen LogP contribution in [0.15, 0.2) is 29.3 Å². The lowest BCUT2D eigenvalue weighted by Gasteiger charge is -2.53. The molecule has 2 atom stereocenters. The molecule has 0 radical (unpaired) electrons. The van der Waals surface area contributed by atoms with E-state index in [1.54, 1.807) is 7.11 Å². The number of nitrogens with zero attached hydrogens (tertiary/aromatic N) is 1. The number of hydrogen-bond donors (Lipinski definition) is 2. The van der Waals surface area contributed by atoms with Crippen molar-refractivity contribution in [2.75, 3.05) is 19.0 Å². The van der Waals surface area contributed by atoms with Gasteiger partial charge in [-0.05, 0) is 38.3 Å². The molecule has 0 heterocycles. The second-order valence-corrected chi connectivity index (χ2v) is 5.98. The maximum absolute atomic E-state index is 6.13. The van der Waals surface area contributed by atoms with Crippen molar-refractivity contribution in [3.63, 3.8) is 0 Å². The normalized spacial score (nSPS) is 23.2. The fourth-order valence-corrected chi connectivity index (χ4v) is 3.61. The van der Waals surface area contributed by atoms with E-state index in [1.165, 1.54) is 0 Å². The Balaban J connectivity index is 2.11. The highest BCUT2D eigenvalue weighted by Crippen LogP contribution is 2.50. The van der Waals surface area contributed by atoms with Crippen molar-refractivity contribution in [3.05, 3.63) is 24.3 Å². The molecule has 1 fully saturated rings. The molecule has 1 saturated carbocycles. The van der Waals surface area contributed by atoms with Crippen molar-refractivity contribution in [1.29, 1.82) is 0 Å². The first-order chi connectivity index (χ1) is 11.1. The average molecular weight is 319 g/mol. The molecule has 1 aromatic carbocycles. The molecule has 0 aliphatic heterocycles. The molecular formula is C18H29N3O2. The number of ether oxygens (including phenoxy) is 2. The van der Waals surface area contributed by atoms with Crippen molar-refractivity contribution in [2.24, 2.45) is 16.1 Å². The van der Waals surface area contributed by atoms with Gasteiger partial charge in [0.15, 0.2) is 5.96 Å². The first-order valence-corrected chi connectivity index (χ1v) is 8.46. The highest BCUT2D eigenvalue weighted by Gasteiger charge is 2.53. The summed E-state index contributed by atoms with van der Waals surface area (Å²) >= 11 is 0. The number of hydrogen-bond acceptors (Lipinski definition) is 3. The first kappa shape index (κ1) is 17.6.